The Labute approximate surface area is 122 Å². The number of ether oxygens (including phenoxy) is 1. The smallest absolute Gasteiger partial charge is 0.305 e. The molecule has 6 heteroatoms. The Hall–Kier alpha value is -1.07. The molecule has 1 rings (SSSR count). The first kappa shape index (κ1) is 16.0. The molecule has 106 valence electrons. The Morgan fingerprint density at radius 1 is 1.32 bits per heavy atom. The third-order valence-corrected chi connectivity index (χ3v) is 3.68. The number of unbranched alkanes of at least 4 members (excludes halogenated alkanes) is 2. The molecule has 0 saturated carbocycles. The summed E-state index contributed by atoms with van der Waals surface area (Å²) < 4.78 is 5.44. The van der Waals surface area contributed by atoms with E-state index in [1.165, 1.54) is 11.3 Å². The van der Waals surface area contributed by atoms with Gasteiger partial charge in [-0.15, -0.1) is 11.3 Å². The lowest BCUT2D eigenvalue weighted by molar-refractivity contribution is -0.143. The van der Waals surface area contributed by atoms with Gasteiger partial charge in [-0.1, -0.05) is 18.0 Å². The summed E-state index contributed by atoms with van der Waals surface area (Å²) in [6, 6.07) is 3.42. The minimum absolute atomic E-state index is 0.0951. The minimum atomic E-state index is -0.153. The zero-order valence-electron chi connectivity index (χ0n) is 10.9. The first-order valence-electron chi connectivity index (χ1n) is 6.32. The van der Waals surface area contributed by atoms with Crippen molar-refractivity contribution in [2.24, 2.45) is 0 Å². The number of rotatable bonds is 8. The number of hydrogen-bond acceptors (Lipinski definition) is 4. The highest BCUT2D eigenvalue weighted by Crippen LogP contribution is 2.21. The van der Waals surface area contributed by atoms with Gasteiger partial charge in [-0.2, -0.15) is 0 Å². The molecule has 1 aromatic rings. The van der Waals surface area contributed by atoms with Crippen molar-refractivity contribution in [2.45, 2.75) is 32.6 Å². The maximum atomic E-state index is 11.7. The largest absolute Gasteiger partial charge is 0.466 e. The third kappa shape index (κ3) is 6.59. The highest BCUT2D eigenvalue weighted by molar-refractivity contribution is 7.17. The molecule has 1 amide bonds. The molecular formula is C13H18ClNO3S. The lowest BCUT2D eigenvalue weighted by Gasteiger charge is -2.04. The Balaban J connectivity index is 2.05. The molecule has 1 N–H and O–H groups in total. The number of esters is 1. The van der Waals surface area contributed by atoms with E-state index in [9.17, 15) is 9.59 Å². The highest BCUT2D eigenvalue weighted by Gasteiger charge is 2.07. The molecule has 1 aromatic heterocycles. The number of halogens is 1. The molecule has 1 heterocycles. The van der Waals surface area contributed by atoms with Gasteiger partial charge in [0.1, 0.15) is 0 Å². The molecule has 0 aromatic carbocycles. The van der Waals surface area contributed by atoms with Gasteiger partial charge < -0.3 is 10.1 Å². The topological polar surface area (TPSA) is 55.4 Å². The van der Waals surface area contributed by atoms with Crippen molar-refractivity contribution in [3.8, 4) is 0 Å². The van der Waals surface area contributed by atoms with E-state index in [1.54, 1.807) is 19.1 Å². The molecule has 0 bridgehead atoms. The van der Waals surface area contributed by atoms with Crippen LogP contribution < -0.4 is 5.32 Å². The standard InChI is InChI=1S/C13H18ClNO3S/c1-2-18-12(16)6-4-3-5-9-15-13(17)10-7-8-11(14)19-10/h7-8H,2-6,9H2,1H3,(H,15,17). The Morgan fingerprint density at radius 2 is 2.11 bits per heavy atom. The van der Waals surface area contributed by atoms with Crippen LogP contribution in [-0.4, -0.2) is 25.0 Å². The monoisotopic (exact) mass is 303 g/mol. The molecule has 0 saturated heterocycles. The van der Waals surface area contributed by atoms with Gasteiger partial charge in [0.05, 0.1) is 15.8 Å². The molecular weight excluding hydrogens is 286 g/mol. The third-order valence-electron chi connectivity index (χ3n) is 2.45. The van der Waals surface area contributed by atoms with Crippen molar-refractivity contribution >= 4 is 34.8 Å². The van der Waals surface area contributed by atoms with E-state index < -0.39 is 0 Å². The summed E-state index contributed by atoms with van der Waals surface area (Å²) in [6.07, 6.45) is 2.98. The van der Waals surface area contributed by atoms with Crippen LogP contribution in [0.25, 0.3) is 0 Å². The van der Waals surface area contributed by atoms with Gasteiger partial charge in [0.2, 0.25) is 0 Å². The van der Waals surface area contributed by atoms with E-state index in [4.69, 9.17) is 16.3 Å². The lowest BCUT2D eigenvalue weighted by Crippen LogP contribution is -2.23. The first-order chi connectivity index (χ1) is 9.13. The molecule has 0 aliphatic carbocycles. The molecule has 0 fully saturated rings. The number of hydrogen-bond donors (Lipinski definition) is 1. The Morgan fingerprint density at radius 3 is 2.74 bits per heavy atom. The summed E-state index contributed by atoms with van der Waals surface area (Å²) in [5.74, 6) is -0.248. The predicted molar refractivity (Wildman–Crippen MR) is 76.8 cm³/mol. The number of amides is 1. The van der Waals surface area contributed by atoms with Crippen LogP contribution in [0, 0.1) is 0 Å². The van der Waals surface area contributed by atoms with Crippen LogP contribution in [0.5, 0.6) is 0 Å². The summed E-state index contributed by atoms with van der Waals surface area (Å²) in [7, 11) is 0. The number of carbonyl (C=O) groups excluding carboxylic acids is 2. The normalized spacial score (nSPS) is 10.2. The molecule has 0 aliphatic rings. The lowest BCUT2D eigenvalue weighted by atomic mass is 10.2. The molecule has 0 unspecified atom stereocenters. The fraction of sp³-hybridized carbons (Fsp3) is 0.538. The van der Waals surface area contributed by atoms with Crippen LogP contribution in [0.3, 0.4) is 0 Å². The van der Waals surface area contributed by atoms with Crippen LogP contribution in [0.2, 0.25) is 4.34 Å². The van der Waals surface area contributed by atoms with Crippen LogP contribution >= 0.6 is 22.9 Å². The fourth-order valence-electron chi connectivity index (χ4n) is 1.53. The zero-order valence-corrected chi connectivity index (χ0v) is 12.5. The SMILES string of the molecule is CCOC(=O)CCCCCNC(=O)c1ccc(Cl)s1. The van der Waals surface area contributed by atoms with E-state index in [0.29, 0.717) is 28.8 Å². The average molecular weight is 304 g/mol. The second-order valence-corrected chi connectivity index (χ2v) is 5.69. The van der Waals surface area contributed by atoms with Crippen molar-refractivity contribution in [1.29, 1.82) is 0 Å². The number of carbonyl (C=O) groups is 2. The van der Waals surface area contributed by atoms with Crippen molar-refractivity contribution < 1.29 is 14.3 Å². The second kappa shape index (κ2) is 8.93. The van der Waals surface area contributed by atoms with Gasteiger partial charge in [-0.3, -0.25) is 9.59 Å². The molecule has 0 atom stereocenters. The summed E-state index contributed by atoms with van der Waals surface area (Å²) in [5.41, 5.74) is 0. The summed E-state index contributed by atoms with van der Waals surface area (Å²) in [5, 5.41) is 2.82. The fourth-order valence-corrected chi connectivity index (χ4v) is 2.49. The van der Waals surface area contributed by atoms with Gasteiger partial charge in [0.25, 0.3) is 5.91 Å². The summed E-state index contributed by atoms with van der Waals surface area (Å²) in [4.78, 5) is 23.3. The first-order valence-corrected chi connectivity index (χ1v) is 7.52. The summed E-state index contributed by atoms with van der Waals surface area (Å²) in [6.45, 7) is 2.83. The van der Waals surface area contributed by atoms with Crippen molar-refractivity contribution in [3.05, 3.63) is 21.3 Å². The van der Waals surface area contributed by atoms with E-state index in [2.05, 4.69) is 5.32 Å². The van der Waals surface area contributed by atoms with Gasteiger partial charge in [-0.05, 0) is 31.9 Å². The van der Waals surface area contributed by atoms with Crippen molar-refractivity contribution in [3.63, 3.8) is 0 Å². The van der Waals surface area contributed by atoms with E-state index in [1.807, 2.05) is 0 Å². The Bertz CT molecular complexity index is 420. The van der Waals surface area contributed by atoms with Crippen LogP contribution in [0.1, 0.15) is 42.3 Å². The van der Waals surface area contributed by atoms with Gasteiger partial charge in [0.15, 0.2) is 0 Å². The average Bonchev–Trinajstić information content (AvgIpc) is 2.80. The van der Waals surface area contributed by atoms with Gasteiger partial charge in [-0.25, -0.2) is 0 Å². The predicted octanol–water partition coefficient (Wildman–Crippen LogP) is 3.25. The van der Waals surface area contributed by atoms with E-state index >= 15 is 0 Å². The van der Waals surface area contributed by atoms with Crippen molar-refractivity contribution in [1.82, 2.24) is 5.32 Å². The van der Waals surface area contributed by atoms with Gasteiger partial charge >= 0.3 is 5.97 Å². The molecule has 0 aliphatic heterocycles. The molecule has 0 spiro atoms. The van der Waals surface area contributed by atoms with E-state index in [0.717, 1.165) is 19.3 Å². The number of thiophene rings is 1. The van der Waals surface area contributed by atoms with Crippen LogP contribution in [0.15, 0.2) is 12.1 Å². The zero-order chi connectivity index (χ0) is 14.1. The Kier molecular flexibility index (Phi) is 7.52. The second-order valence-electron chi connectivity index (χ2n) is 3.98. The molecule has 4 nitrogen and oxygen atoms in total. The maximum absolute atomic E-state index is 11.7. The van der Waals surface area contributed by atoms with Crippen LogP contribution in [-0.2, 0) is 9.53 Å². The molecule has 19 heavy (non-hydrogen) atoms. The summed E-state index contributed by atoms with van der Waals surface area (Å²) >= 11 is 7.02. The molecule has 0 radical (unpaired) electrons. The van der Waals surface area contributed by atoms with E-state index in [-0.39, 0.29) is 11.9 Å². The highest BCUT2D eigenvalue weighted by atomic mass is 35.5. The van der Waals surface area contributed by atoms with Crippen molar-refractivity contribution in [2.75, 3.05) is 13.2 Å². The number of nitrogens with one attached hydrogen (secondary N) is 1. The quantitative estimate of drug-likeness (QED) is 0.592. The van der Waals surface area contributed by atoms with Crippen LogP contribution in [0.4, 0.5) is 0 Å². The van der Waals surface area contributed by atoms with Gasteiger partial charge in [0, 0.05) is 13.0 Å². The maximum Gasteiger partial charge on any atom is 0.305 e. The minimum Gasteiger partial charge on any atom is -0.466 e.